The highest BCUT2D eigenvalue weighted by Crippen LogP contribution is 2.21. The number of rotatable bonds is 8. The number of sulfone groups is 1. The Bertz CT molecular complexity index is 756. The first kappa shape index (κ1) is 22.7. The van der Waals surface area contributed by atoms with Crippen molar-refractivity contribution >= 4 is 15.8 Å². The maximum absolute atomic E-state index is 11.8. The van der Waals surface area contributed by atoms with E-state index in [1.165, 1.54) is 38.4 Å². The molecule has 1 saturated carbocycles. The van der Waals surface area contributed by atoms with Gasteiger partial charge in [-0.15, -0.1) is 0 Å². The van der Waals surface area contributed by atoms with E-state index in [2.05, 4.69) is 34.5 Å². The number of aryl methyl sites for hydroxylation is 1. The molecule has 1 aliphatic rings. The highest BCUT2D eigenvalue weighted by Gasteiger charge is 2.17. The molecule has 158 valence electrons. The van der Waals surface area contributed by atoms with Crippen LogP contribution in [0.25, 0.3) is 0 Å². The van der Waals surface area contributed by atoms with Crippen LogP contribution in [0.1, 0.15) is 50.2 Å². The maximum Gasteiger partial charge on any atom is 0.191 e. The van der Waals surface area contributed by atoms with Crippen LogP contribution in [-0.4, -0.2) is 58.3 Å². The summed E-state index contributed by atoms with van der Waals surface area (Å²) < 4.78 is 23.5. The molecule has 0 bridgehead atoms. The Labute approximate surface area is 170 Å². The third-order valence-electron chi connectivity index (χ3n) is 5.36. The molecule has 0 spiro atoms. The number of nitrogens with one attached hydrogen (secondary N) is 2. The highest BCUT2D eigenvalue weighted by atomic mass is 32.2. The van der Waals surface area contributed by atoms with Crippen LogP contribution in [0, 0.1) is 6.92 Å². The van der Waals surface area contributed by atoms with Gasteiger partial charge in [0.15, 0.2) is 15.8 Å². The van der Waals surface area contributed by atoms with Gasteiger partial charge in [-0.05, 0) is 50.9 Å². The number of hydrogen-bond donors (Lipinski definition) is 2. The van der Waals surface area contributed by atoms with Gasteiger partial charge in [-0.1, -0.05) is 31.4 Å². The van der Waals surface area contributed by atoms with E-state index < -0.39 is 9.84 Å². The van der Waals surface area contributed by atoms with Crippen molar-refractivity contribution < 1.29 is 8.42 Å². The fourth-order valence-corrected chi connectivity index (χ4v) is 4.75. The maximum atomic E-state index is 11.8. The van der Waals surface area contributed by atoms with E-state index in [9.17, 15) is 8.42 Å². The topological polar surface area (TPSA) is 73.8 Å². The quantitative estimate of drug-likeness (QED) is 0.511. The first-order valence-electron chi connectivity index (χ1n) is 10.3. The van der Waals surface area contributed by atoms with Gasteiger partial charge in [0.1, 0.15) is 0 Å². The fourth-order valence-electron chi connectivity index (χ4n) is 3.79. The van der Waals surface area contributed by atoms with Crippen molar-refractivity contribution in [2.24, 2.45) is 4.99 Å². The summed E-state index contributed by atoms with van der Waals surface area (Å²) in [6.45, 7) is 7.04. The first-order valence-corrected chi connectivity index (χ1v) is 12.2. The zero-order valence-electron chi connectivity index (χ0n) is 17.8. The van der Waals surface area contributed by atoms with Crippen LogP contribution in [0.3, 0.4) is 0 Å². The summed E-state index contributed by atoms with van der Waals surface area (Å²) >= 11 is 0. The lowest BCUT2D eigenvalue weighted by atomic mass is 9.94. The summed E-state index contributed by atoms with van der Waals surface area (Å²) in [7, 11) is -0.969. The van der Waals surface area contributed by atoms with Crippen molar-refractivity contribution in [3.8, 4) is 0 Å². The number of benzene rings is 1. The molecule has 28 heavy (non-hydrogen) atoms. The third kappa shape index (κ3) is 7.09. The Morgan fingerprint density at radius 1 is 1.21 bits per heavy atom. The van der Waals surface area contributed by atoms with Crippen molar-refractivity contribution in [2.75, 3.05) is 32.9 Å². The predicted molar refractivity (Wildman–Crippen MR) is 117 cm³/mol. The predicted octanol–water partition coefficient (Wildman–Crippen LogP) is 2.72. The van der Waals surface area contributed by atoms with Crippen LogP contribution in [0.15, 0.2) is 28.1 Å². The molecule has 1 aromatic carbocycles. The zero-order valence-corrected chi connectivity index (χ0v) is 18.6. The van der Waals surface area contributed by atoms with E-state index in [0.717, 1.165) is 36.7 Å². The molecule has 2 N–H and O–H groups in total. The van der Waals surface area contributed by atoms with Crippen molar-refractivity contribution in [2.45, 2.75) is 63.4 Å². The van der Waals surface area contributed by atoms with Gasteiger partial charge in [0.25, 0.3) is 0 Å². The number of guanidine groups is 1. The fraction of sp³-hybridized carbons (Fsp3) is 0.667. The van der Waals surface area contributed by atoms with Gasteiger partial charge < -0.3 is 15.5 Å². The summed E-state index contributed by atoms with van der Waals surface area (Å²) in [4.78, 5) is 7.50. The van der Waals surface area contributed by atoms with E-state index in [0.29, 0.717) is 17.5 Å². The average molecular weight is 409 g/mol. The van der Waals surface area contributed by atoms with Crippen LogP contribution < -0.4 is 10.6 Å². The number of nitrogens with zero attached hydrogens (tertiary/aromatic N) is 2. The highest BCUT2D eigenvalue weighted by molar-refractivity contribution is 7.90. The Hall–Kier alpha value is -1.60. The van der Waals surface area contributed by atoms with Gasteiger partial charge in [-0.3, -0.25) is 0 Å². The lowest BCUT2D eigenvalue weighted by Crippen LogP contribution is -2.43. The Morgan fingerprint density at radius 3 is 2.54 bits per heavy atom. The van der Waals surface area contributed by atoms with Crippen LogP contribution in [0.4, 0.5) is 0 Å². The Balaban J connectivity index is 1.90. The van der Waals surface area contributed by atoms with Crippen LogP contribution in [-0.2, 0) is 16.4 Å². The molecule has 0 unspecified atom stereocenters. The molecule has 0 radical (unpaired) electrons. The second kappa shape index (κ2) is 10.8. The second-order valence-electron chi connectivity index (χ2n) is 7.77. The molecule has 0 amide bonds. The molecule has 0 saturated heterocycles. The molecule has 0 atom stereocenters. The molecule has 0 aromatic heterocycles. The largest absolute Gasteiger partial charge is 0.357 e. The number of hydrogen-bond acceptors (Lipinski definition) is 4. The van der Waals surface area contributed by atoms with E-state index in [-0.39, 0.29) is 0 Å². The first-order chi connectivity index (χ1) is 13.3. The Morgan fingerprint density at radius 2 is 1.93 bits per heavy atom. The molecule has 0 heterocycles. The van der Waals surface area contributed by atoms with Crippen molar-refractivity contribution in [3.63, 3.8) is 0 Å². The molecule has 1 fully saturated rings. The minimum absolute atomic E-state index is 0.385. The lowest BCUT2D eigenvalue weighted by molar-refractivity contribution is 0.194. The van der Waals surface area contributed by atoms with E-state index in [1.54, 1.807) is 6.07 Å². The lowest BCUT2D eigenvalue weighted by Gasteiger charge is -2.31. The van der Waals surface area contributed by atoms with Crippen molar-refractivity contribution in [1.29, 1.82) is 0 Å². The molecule has 6 nitrogen and oxygen atoms in total. The van der Waals surface area contributed by atoms with E-state index in [4.69, 9.17) is 0 Å². The van der Waals surface area contributed by atoms with Gasteiger partial charge in [-0.25, -0.2) is 13.4 Å². The van der Waals surface area contributed by atoms with E-state index in [1.807, 2.05) is 19.1 Å². The van der Waals surface area contributed by atoms with Gasteiger partial charge in [0.2, 0.25) is 0 Å². The van der Waals surface area contributed by atoms with Crippen LogP contribution in [0.2, 0.25) is 0 Å². The van der Waals surface area contributed by atoms with Crippen molar-refractivity contribution in [1.82, 2.24) is 15.5 Å². The summed E-state index contributed by atoms with van der Waals surface area (Å²) in [5.74, 6) is 0.796. The van der Waals surface area contributed by atoms with Crippen LogP contribution >= 0.6 is 0 Å². The second-order valence-corrected chi connectivity index (χ2v) is 9.75. The SMILES string of the molecule is CCNC(=NCc1ccc(S(C)(=O)=O)c(C)c1)NCCN(C)C1CCCCC1. The zero-order chi connectivity index (χ0) is 20.6. The van der Waals surface area contributed by atoms with Gasteiger partial charge >= 0.3 is 0 Å². The molecule has 0 aliphatic heterocycles. The van der Waals surface area contributed by atoms with Gasteiger partial charge in [-0.2, -0.15) is 0 Å². The minimum Gasteiger partial charge on any atom is -0.357 e. The molecule has 2 rings (SSSR count). The molecule has 7 heteroatoms. The summed E-state index contributed by atoms with van der Waals surface area (Å²) in [5, 5.41) is 6.69. The number of likely N-dealkylation sites (N-methyl/N-ethyl adjacent to an activating group) is 1. The molecular formula is C21H36N4O2S. The van der Waals surface area contributed by atoms with Gasteiger partial charge in [0.05, 0.1) is 11.4 Å². The Kier molecular flexibility index (Phi) is 8.76. The van der Waals surface area contributed by atoms with Crippen molar-refractivity contribution in [3.05, 3.63) is 29.3 Å². The molecule has 1 aliphatic carbocycles. The normalized spacial score (nSPS) is 16.4. The molecule has 1 aromatic rings. The standard InChI is InChI=1S/C21H36N4O2S/c1-5-22-21(23-13-14-25(3)19-9-7-6-8-10-19)24-16-18-11-12-20(17(2)15-18)28(4,26)27/h11-12,15,19H,5-10,13-14,16H2,1-4H3,(H2,22,23,24). The molecular weight excluding hydrogens is 372 g/mol. The number of aliphatic imine (C=N–C) groups is 1. The van der Waals surface area contributed by atoms with Crippen LogP contribution in [0.5, 0.6) is 0 Å². The summed E-state index contributed by atoms with van der Waals surface area (Å²) in [6, 6.07) is 6.13. The van der Waals surface area contributed by atoms with Gasteiger partial charge in [0, 0.05) is 31.9 Å². The average Bonchev–Trinajstić information content (AvgIpc) is 2.65. The smallest absolute Gasteiger partial charge is 0.191 e. The van der Waals surface area contributed by atoms with E-state index >= 15 is 0 Å². The summed E-state index contributed by atoms with van der Waals surface area (Å²) in [6.07, 6.45) is 7.95. The summed E-state index contributed by atoms with van der Waals surface area (Å²) in [5.41, 5.74) is 1.77. The minimum atomic E-state index is -3.18. The monoisotopic (exact) mass is 408 g/mol. The third-order valence-corrected chi connectivity index (χ3v) is 6.61.